The van der Waals surface area contributed by atoms with E-state index in [1.807, 2.05) is 6.92 Å². The molecule has 0 radical (unpaired) electrons. The molecule has 2 aromatic rings. The molecule has 1 amide bonds. The summed E-state index contributed by atoms with van der Waals surface area (Å²) in [6, 6.07) is 0. The van der Waals surface area contributed by atoms with Gasteiger partial charge in [0.15, 0.2) is 0 Å². The zero-order valence-electron chi connectivity index (χ0n) is 16.5. The van der Waals surface area contributed by atoms with E-state index in [9.17, 15) is 27.2 Å². The number of aromatic nitrogens is 2. The molecule has 6 nitrogen and oxygen atoms in total. The van der Waals surface area contributed by atoms with Crippen LogP contribution in [0.3, 0.4) is 0 Å². The molecule has 0 atom stereocenters. The highest BCUT2D eigenvalue weighted by Gasteiger charge is 2.30. The van der Waals surface area contributed by atoms with Gasteiger partial charge in [0.1, 0.15) is 22.9 Å². The Balaban J connectivity index is 1.87. The number of rotatable bonds is 8. The molecule has 12 heteroatoms. The van der Waals surface area contributed by atoms with Gasteiger partial charge in [-0.3, -0.25) is 9.48 Å². The molecule has 0 unspecified atom stereocenters. The third-order valence-corrected chi connectivity index (χ3v) is 6.32. The number of halogens is 5. The number of fused-ring (bicyclic) bond motifs is 1. The number of hydrogen-bond donors (Lipinski definition) is 1. The number of hydrogen-bond acceptors (Lipinski definition) is 5. The summed E-state index contributed by atoms with van der Waals surface area (Å²) in [4.78, 5) is 26.1. The molecule has 0 fully saturated rings. The second-order valence-corrected chi connectivity index (χ2v) is 8.43. The molecule has 0 bridgehead atoms. The van der Waals surface area contributed by atoms with Gasteiger partial charge in [-0.05, 0) is 37.7 Å². The molecule has 0 aliphatic heterocycles. The maximum Gasteiger partial charge on any atom is 0.341 e. The smallest absolute Gasteiger partial charge is 0.341 e. The van der Waals surface area contributed by atoms with Crippen LogP contribution < -0.4 is 5.32 Å². The summed E-state index contributed by atoms with van der Waals surface area (Å²) in [5.41, 5.74) is -0.884. The van der Waals surface area contributed by atoms with Crippen molar-refractivity contribution < 1.29 is 31.9 Å². The van der Waals surface area contributed by atoms with E-state index in [0.29, 0.717) is 17.5 Å². The number of amides is 1. The van der Waals surface area contributed by atoms with Gasteiger partial charge in [0.2, 0.25) is 5.91 Å². The lowest BCUT2D eigenvalue weighted by atomic mass is 9.95. The molecule has 2 aromatic heterocycles. The van der Waals surface area contributed by atoms with Crippen LogP contribution in [0, 0.1) is 0 Å². The Labute approximate surface area is 184 Å². The largest absolute Gasteiger partial charge is 0.462 e. The molecule has 1 aliphatic rings. The van der Waals surface area contributed by atoms with Crippen LogP contribution in [0.5, 0.6) is 0 Å². The van der Waals surface area contributed by atoms with Gasteiger partial charge in [-0.1, -0.05) is 18.5 Å². The van der Waals surface area contributed by atoms with E-state index in [1.54, 1.807) is 0 Å². The number of carbonyl (C=O) groups excluding carboxylic acids is 2. The van der Waals surface area contributed by atoms with Crippen molar-refractivity contribution in [1.82, 2.24) is 9.78 Å². The van der Waals surface area contributed by atoms with Crippen LogP contribution in [0.1, 0.15) is 71.2 Å². The number of nitrogens with zero attached hydrogens (tertiary/aromatic N) is 2. The lowest BCUT2D eigenvalue weighted by molar-refractivity contribution is -0.117. The highest BCUT2D eigenvalue weighted by Crippen LogP contribution is 2.39. The van der Waals surface area contributed by atoms with Gasteiger partial charge in [0, 0.05) is 4.88 Å². The molecule has 1 aliphatic carbocycles. The third-order valence-electron chi connectivity index (χ3n) is 4.73. The van der Waals surface area contributed by atoms with Crippen molar-refractivity contribution in [3.63, 3.8) is 0 Å². The third kappa shape index (κ3) is 5.03. The first kappa shape index (κ1) is 23.5. The lowest BCUT2D eigenvalue weighted by Crippen LogP contribution is -2.22. The molecule has 170 valence electrons. The minimum atomic E-state index is -3.20. The second-order valence-electron chi connectivity index (χ2n) is 6.94. The molecule has 31 heavy (non-hydrogen) atoms. The fourth-order valence-corrected chi connectivity index (χ4v) is 4.97. The van der Waals surface area contributed by atoms with Crippen LogP contribution in [-0.2, 0) is 28.9 Å². The molecular weight excluding hydrogens is 462 g/mol. The van der Waals surface area contributed by atoms with Crippen molar-refractivity contribution in [2.75, 3.05) is 11.9 Å². The molecule has 0 saturated carbocycles. The summed E-state index contributed by atoms with van der Waals surface area (Å²) in [5.74, 6) is -1.36. The van der Waals surface area contributed by atoms with E-state index in [1.165, 1.54) is 11.3 Å². The number of aryl methyl sites for hydroxylation is 1. The summed E-state index contributed by atoms with van der Waals surface area (Å²) in [6.45, 7) is 1.30. The van der Waals surface area contributed by atoms with Gasteiger partial charge >= 0.3 is 5.97 Å². The van der Waals surface area contributed by atoms with Gasteiger partial charge in [0.05, 0.1) is 17.2 Å². The highest BCUT2D eigenvalue weighted by atomic mass is 35.5. The Kier molecular flexibility index (Phi) is 7.58. The van der Waals surface area contributed by atoms with E-state index in [2.05, 4.69) is 10.4 Å². The number of carbonyl (C=O) groups is 2. The monoisotopic (exact) mass is 481 g/mol. The number of thiophene rings is 1. The molecule has 3 rings (SSSR count). The van der Waals surface area contributed by atoms with Crippen LogP contribution in [0.15, 0.2) is 0 Å². The SMILES string of the molecule is CCCOC(=O)c1c(NC(=O)Cn2nc(C(F)F)c(Cl)c2C(F)F)sc2c1CCCC2. The van der Waals surface area contributed by atoms with Gasteiger partial charge in [0.25, 0.3) is 12.9 Å². The van der Waals surface area contributed by atoms with Crippen molar-refractivity contribution in [2.24, 2.45) is 0 Å². The van der Waals surface area contributed by atoms with Crippen LogP contribution in [0.4, 0.5) is 22.6 Å². The van der Waals surface area contributed by atoms with Crippen LogP contribution in [-0.4, -0.2) is 28.3 Å². The van der Waals surface area contributed by atoms with Crippen LogP contribution >= 0.6 is 22.9 Å². The van der Waals surface area contributed by atoms with E-state index in [-0.39, 0.29) is 17.2 Å². The molecule has 1 N–H and O–H groups in total. The van der Waals surface area contributed by atoms with Gasteiger partial charge in [-0.15, -0.1) is 11.3 Å². The predicted octanol–water partition coefficient (Wildman–Crippen LogP) is 5.56. The summed E-state index contributed by atoms with van der Waals surface area (Å²) in [5, 5.41) is 5.31. The fourth-order valence-electron chi connectivity index (χ4n) is 3.38. The average molecular weight is 482 g/mol. The molecule has 2 heterocycles. The van der Waals surface area contributed by atoms with Gasteiger partial charge in [-0.25, -0.2) is 22.4 Å². The van der Waals surface area contributed by atoms with E-state index in [4.69, 9.17) is 16.3 Å². The molecule has 0 spiro atoms. The van der Waals surface area contributed by atoms with E-state index < -0.39 is 47.7 Å². The van der Waals surface area contributed by atoms with Crippen LogP contribution in [0.2, 0.25) is 5.02 Å². The summed E-state index contributed by atoms with van der Waals surface area (Å²) >= 11 is 6.84. The van der Waals surface area contributed by atoms with Crippen molar-refractivity contribution >= 4 is 39.8 Å². The first-order valence-electron chi connectivity index (χ1n) is 9.68. The maximum absolute atomic E-state index is 13.3. The number of anilines is 1. The van der Waals surface area contributed by atoms with Gasteiger partial charge < -0.3 is 10.1 Å². The average Bonchev–Trinajstić information content (AvgIpc) is 3.23. The number of ether oxygens (including phenoxy) is 1. The number of nitrogens with one attached hydrogen (secondary N) is 1. The molecule has 0 aromatic carbocycles. The standard InChI is InChI=1S/C19H20ClF4N3O3S/c1-2-7-30-19(29)12-9-5-3-4-6-10(9)31-18(12)25-11(28)8-27-15(17(23)24)13(20)14(26-27)16(21)22/h16-17H,2-8H2,1H3,(H,25,28). The normalized spacial score (nSPS) is 13.5. The zero-order chi connectivity index (χ0) is 22.7. The molecular formula is C19H20ClF4N3O3S. The predicted molar refractivity (Wildman–Crippen MR) is 107 cm³/mol. The summed E-state index contributed by atoms with van der Waals surface area (Å²) < 4.78 is 58.3. The Morgan fingerprint density at radius 1 is 1.23 bits per heavy atom. The lowest BCUT2D eigenvalue weighted by Gasteiger charge is -2.13. The van der Waals surface area contributed by atoms with Crippen LogP contribution in [0.25, 0.3) is 0 Å². The Morgan fingerprint density at radius 2 is 1.94 bits per heavy atom. The summed E-state index contributed by atoms with van der Waals surface area (Å²) in [7, 11) is 0. The number of alkyl halides is 4. The zero-order valence-corrected chi connectivity index (χ0v) is 18.1. The van der Waals surface area contributed by atoms with E-state index >= 15 is 0 Å². The Morgan fingerprint density at radius 3 is 2.58 bits per heavy atom. The van der Waals surface area contributed by atoms with Crippen molar-refractivity contribution in [3.8, 4) is 0 Å². The van der Waals surface area contributed by atoms with Crippen molar-refractivity contribution in [3.05, 3.63) is 32.4 Å². The first-order chi connectivity index (χ1) is 14.7. The van der Waals surface area contributed by atoms with Gasteiger partial charge in [-0.2, -0.15) is 5.10 Å². The summed E-state index contributed by atoms with van der Waals surface area (Å²) in [6.07, 6.45) is -2.48. The van der Waals surface area contributed by atoms with E-state index in [0.717, 1.165) is 29.7 Å². The second kappa shape index (κ2) is 9.99. The quantitative estimate of drug-likeness (QED) is 0.396. The minimum Gasteiger partial charge on any atom is -0.462 e. The first-order valence-corrected chi connectivity index (χ1v) is 10.9. The minimum absolute atomic E-state index is 0.219. The number of esters is 1. The topological polar surface area (TPSA) is 73.2 Å². The molecule has 0 saturated heterocycles. The highest BCUT2D eigenvalue weighted by molar-refractivity contribution is 7.17. The Hall–Kier alpha value is -2.14. The van der Waals surface area contributed by atoms with Crippen molar-refractivity contribution in [1.29, 1.82) is 0 Å². The maximum atomic E-state index is 13.3. The fraction of sp³-hybridized carbons (Fsp3) is 0.526. The van der Waals surface area contributed by atoms with Crippen molar-refractivity contribution in [2.45, 2.75) is 58.4 Å². The Bertz CT molecular complexity index is 977.